The smallest absolute Gasteiger partial charge is 0.276 e. The maximum atomic E-state index is 11.1. The van der Waals surface area contributed by atoms with Gasteiger partial charge in [0.15, 0.2) is 11.5 Å². The molecule has 0 aliphatic carbocycles. The van der Waals surface area contributed by atoms with Crippen LogP contribution in [-0.2, 0) is 9.84 Å². The van der Waals surface area contributed by atoms with E-state index < -0.39 is 15.9 Å². The summed E-state index contributed by atoms with van der Waals surface area (Å²) in [7, 11) is -3.00. The van der Waals surface area contributed by atoms with Crippen LogP contribution in [0, 0.1) is 0 Å². The lowest BCUT2D eigenvalue weighted by molar-refractivity contribution is 0.0686. The number of rotatable bonds is 5. The van der Waals surface area contributed by atoms with Gasteiger partial charge in [0.1, 0.15) is 16.4 Å². The maximum Gasteiger partial charge on any atom is 0.276 e. The first kappa shape index (κ1) is 15.2. The lowest BCUT2D eigenvalue weighted by Crippen LogP contribution is -2.21. The Morgan fingerprint density at radius 2 is 2.05 bits per heavy atom. The molecule has 1 aromatic carbocycles. The van der Waals surface area contributed by atoms with Crippen LogP contribution in [0.5, 0.6) is 11.5 Å². The monoisotopic (exact) mass is 342 g/mol. The van der Waals surface area contributed by atoms with Gasteiger partial charge in [-0.25, -0.2) is 8.42 Å². The van der Waals surface area contributed by atoms with Gasteiger partial charge in [0.05, 0.1) is 5.75 Å². The quantitative estimate of drug-likeness (QED) is 0.759. The maximum absolute atomic E-state index is 11.1. The molecular weight excluding hydrogens is 328 g/mol. The van der Waals surface area contributed by atoms with Crippen LogP contribution in [0.4, 0.5) is 0 Å². The Hall–Kier alpha value is -1.74. The summed E-state index contributed by atoms with van der Waals surface area (Å²) in [6, 6.07) is 7.35. The first-order valence-corrected chi connectivity index (χ1v) is 9.58. The number of hydrogen-bond acceptors (Lipinski definition) is 8. The highest BCUT2D eigenvalue weighted by molar-refractivity contribution is 8.00. The standard InChI is InChI=1S/C13H14N2O5S2/c1-22(16,17)7-6-21-13-15-14-12(20-13)11-8-18-9-4-2-3-5-10(9)19-11/h2-5,11H,6-8H2,1H3. The summed E-state index contributed by atoms with van der Waals surface area (Å²) < 4.78 is 39.0. The molecule has 0 fully saturated rings. The van der Waals surface area contributed by atoms with Gasteiger partial charge in [0.25, 0.3) is 11.1 Å². The Labute approximate surface area is 131 Å². The predicted octanol–water partition coefficient (Wildman–Crippen LogP) is 1.72. The van der Waals surface area contributed by atoms with Crippen molar-refractivity contribution in [2.24, 2.45) is 0 Å². The average Bonchev–Trinajstić information content (AvgIpc) is 2.94. The fourth-order valence-corrected chi connectivity index (χ4v) is 3.79. The Kier molecular flexibility index (Phi) is 4.25. The number of fused-ring (bicyclic) bond motifs is 1. The van der Waals surface area contributed by atoms with E-state index in [1.54, 1.807) is 6.07 Å². The van der Waals surface area contributed by atoms with Gasteiger partial charge in [0, 0.05) is 12.0 Å². The van der Waals surface area contributed by atoms with Crippen molar-refractivity contribution in [1.82, 2.24) is 10.2 Å². The van der Waals surface area contributed by atoms with Gasteiger partial charge in [-0.3, -0.25) is 0 Å². The lowest BCUT2D eigenvalue weighted by Gasteiger charge is -2.23. The Balaban J connectivity index is 1.62. The fraction of sp³-hybridized carbons (Fsp3) is 0.385. The van der Waals surface area contributed by atoms with Crippen molar-refractivity contribution >= 4 is 21.6 Å². The molecular formula is C13H14N2O5S2. The second-order valence-corrected chi connectivity index (χ2v) is 8.05. The number of benzene rings is 1. The van der Waals surface area contributed by atoms with Gasteiger partial charge in [-0.15, -0.1) is 10.2 Å². The van der Waals surface area contributed by atoms with E-state index in [1.165, 1.54) is 18.0 Å². The number of ether oxygens (including phenoxy) is 2. The zero-order valence-electron chi connectivity index (χ0n) is 11.8. The van der Waals surface area contributed by atoms with Crippen molar-refractivity contribution < 1.29 is 22.3 Å². The summed E-state index contributed by atoms with van der Waals surface area (Å²) in [5.41, 5.74) is 0. The minimum absolute atomic E-state index is 0.0613. The van der Waals surface area contributed by atoms with Gasteiger partial charge in [-0.1, -0.05) is 23.9 Å². The van der Waals surface area contributed by atoms with Crippen LogP contribution in [0.2, 0.25) is 0 Å². The zero-order valence-corrected chi connectivity index (χ0v) is 13.4. The average molecular weight is 342 g/mol. The molecule has 0 bridgehead atoms. The summed E-state index contributed by atoms with van der Waals surface area (Å²) in [4.78, 5) is 0. The molecule has 1 unspecified atom stereocenters. The van der Waals surface area contributed by atoms with E-state index in [2.05, 4.69) is 10.2 Å². The third-order valence-corrected chi connectivity index (χ3v) is 4.91. The van der Waals surface area contributed by atoms with E-state index in [9.17, 15) is 8.42 Å². The molecule has 7 nitrogen and oxygen atoms in total. The Bertz CT molecular complexity index is 759. The van der Waals surface area contributed by atoms with Gasteiger partial charge < -0.3 is 13.9 Å². The SMILES string of the molecule is CS(=O)(=O)CCSc1nnc(C2COc3ccccc3O2)o1. The molecule has 9 heteroatoms. The van der Waals surface area contributed by atoms with E-state index in [0.717, 1.165) is 0 Å². The van der Waals surface area contributed by atoms with Crippen molar-refractivity contribution in [3.63, 3.8) is 0 Å². The lowest BCUT2D eigenvalue weighted by atomic mass is 10.2. The second kappa shape index (κ2) is 6.17. The molecule has 2 aromatic rings. The molecule has 0 radical (unpaired) electrons. The van der Waals surface area contributed by atoms with E-state index in [4.69, 9.17) is 13.9 Å². The number of nitrogens with zero attached hydrogens (tertiary/aromatic N) is 2. The van der Waals surface area contributed by atoms with Crippen molar-refractivity contribution in [1.29, 1.82) is 0 Å². The van der Waals surface area contributed by atoms with Crippen LogP contribution in [0.15, 0.2) is 33.9 Å². The highest BCUT2D eigenvalue weighted by Gasteiger charge is 2.27. The molecule has 1 aliphatic heterocycles. The van der Waals surface area contributed by atoms with E-state index in [-0.39, 0.29) is 12.4 Å². The normalized spacial score (nSPS) is 17.4. The minimum atomic E-state index is -3.00. The van der Waals surface area contributed by atoms with Crippen LogP contribution in [0.1, 0.15) is 12.0 Å². The van der Waals surface area contributed by atoms with Crippen LogP contribution >= 0.6 is 11.8 Å². The minimum Gasteiger partial charge on any atom is -0.485 e. The fourth-order valence-electron chi connectivity index (χ4n) is 1.83. The second-order valence-electron chi connectivity index (χ2n) is 4.75. The largest absolute Gasteiger partial charge is 0.485 e. The topological polar surface area (TPSA) is 91.5 Å². The molecule has 0 N–H and O–H groups in total. The highest BCUT2D eigenvalue weighted by Crippen LogP contribution is 2.35. The van der Waals surface area contributed by atoms with Crippen LogP contribution < -0.4 is 9.47 Å². The van der Waals surface area contributed by atoms with Crippen LogP contribution in [0.3, 0.4) is 0 Å². The number of thioether (sulfide) groups is 1. The molecule has 0 spiro atoms. The molecule has 22 heavy (non-hydrogen) atoms. The molecule has 1 aliphatic rings. The Morgan fingerprint density at radius 1 is 1.27 bits per heavy atom. The highest BCUT2D eigenvalue weighted by atomic mass is 32.2. The zero-order chi connectivity index (χ0) is 15.6. The molecule has 1 aromatic heterocycles. The van der Waals surface area contributed by atoms with E-state index in [0.29, 0.717) is 28.4 Å². The third kappa shape index (κ3) is 3.72. The molecule has 1 atom stereocenters. The molecule has 2 heterocycles. The first-order chi connectivity index (χ1) is 10.5. The predicted molar refractivity (Wildman–Crippen MR) is 80.0 cm³/mol. The molecule has 0 saturated carbocycles. The van der Waals surface area contributed by atoms with E-state index >= 15 is 0 Å². The summed E-state index contributed by atoms with van der Waals surface area (Å²) in [5, 5.41) is 8.14. The van der Waals surface area contributed by atoms with Gasteiger partial charge in [0.2, 0.25) is 6.10 Å². The van der Waals surface area contributed by atoms with Gasteiger partial charge in [-0.05, 0) is 12.1 Å². The molecule has 118 valence electrons. The van der Waals surface area contributed by atoms with E-state index in [1.807, 2.05) is 18.2 Å². The molecule has 0 amide bonds. The van der Waals surface area contributed by atoms with Crippen LogP contribution in [-0.4, -0.2) is 43.0 Å². The summed E-state index contributed by atoms with van der Waals surface area (Å²) in [6.45, 7) is 0.284. The Morgan fingerprint density at radius 3 is 2.82 bits per heavy atom. The summed E-state index contributed by atoms with van der Waals surface area (Å²) in [6.07, 6.45) is 0.726. The number of sulfone groups is 1. The third-order valence-electron chi connectivity index (χ3n) is 2.89. The first-order valence-electron chi connectivity index (χ1n) is 6.54. The van der Waals surface area contributed by atoms with Gasteiger partial charge in [-0.2, -0.15) is 0 Å². The van der Waals surface area contributed by atoms with Crippen molar-refractivity contribution in [3.05, 3.63) is 30.2 Å². The van der Waals surface area contributed by atoms with Crippen molar-refractivity contribution in [2.45, 2.75) is 11.3 Å². The molecule has 0 saturated heterocycles. The number of para-hydroxylation sites is 2. The number of aromatic nitrogens is 2. The van der Waals surface area contributed by atoms with Crippen molar-refractivity contribution in [2.75, 3.05) is 24.4 Å². The molecule has 3 rings (SSSR count). The summed E-state index contributed by atoms with van der Waals surface area (Å²) >= 11 is 1.20. The van der Waals surface area contributed by atoms with Crippen LogP contribution in [0.25, 0.3) is 0 Å². The van der Waals surface area contributed by atoms with Gasteiger partial charge >= 0.3 is 0 Å². The summed E-state index contributed by atoms with van der Waals surface area (Å²) in [5.74, 6) is 2.05. The van der Waals surface area contributed by atoms with Crippen molar-refractivity contribution in [3.8, 4) is 11.5 Å². The number of hydrogen-bond donors (Lipinski definition) is 0.